The van der Waals surface area contributed by atoms with Crippen LogP contribution in [0.15, 0.2) is 24.4 Å². The fraction of sp³-hybridized carbons (Fsp3) is 0.421. The van der Waals surface area contributed by atoms with Crippen LogP contribution in [0.5, 0.6) is 0 Å². The Labute approximate surface area is 156 Å². The SMILES string of the molecule is Cc1cnc(-c2ccc(N)c(C(=N)C(=O)O[C@@H]3CN4CCC3CC4)c2)s1. The maximum absolute atomic E-state index is 12.6. The van der Waals surface area contributed by atoms with Gasteiger partial charge < -0.3 is 10.5 Å². The van der Waals surface area contributed by atoms with E-state index in [1.165, 1.54) is 0 Å². The molecule has 2 aromatic rings. The summed E-state index contributed by atoms with van der Waals surface area (Å²) in [4.78, 5) is 20.4. The van der Waals surface area contributed by atoms with Crippen molar-refractivity contribution in [1.29, 1.82) is 5.41 Å². The third-order valence-electron chi connectivity index (χ3n) is 5.25. The molecule has 0 radical (unpaired) electrons. The van der Waals surface area contributed by atoms with Crippen LogP contribution in [0, 0.1) is 18.3 Å². The third-order valence-corrected chi connectivity index (χ3v) is 6.21. The molecule has 1 aromatic carbocycles. The third kappa shape index (κ3) is 3.24. The molecule has 0 spiro atoms. The zero-order chi connectivity index (χ0) is 18.3. The lowest BCUT2D eigenvalue weighted by Crippen LogP contribution is -2.52. The van der Waals surface area contributed by atoms with Gasteiger partial charge in [0.15, 0.2) is 0 Å². The van der Waals surface area contributed by atoms with E-state index in [2.05, 4.69) is 9.88 Å². The van der Waals surface area contributed by atoms with Crippen LogP contribution in [0.1, 0.15) is 23.3 Å². The summed E-state index contributed by atoms with van der Waals surface area (Å²) in [5.74, 6) is -0.179. The summed E-state index contributed by atoms with van der Waals surface area (Å²) in [6.07, 6.45) is 3.82. The first-order valence-electron chi connectivity index (χ1n) is 8.86. The highest BCUT2D eigenvalue weighted by atomic mass is 32.1. The normalized spacial score (nSPS) is 24.4. The summed E-state index contributed by atoms with van der Waals surface area (Å²) >= 11 is 1.57. The number of thiazole rings is 1. The summed E-state index contributed by atoms with van der Waals surface area (Å²) in [5.41, 5.74) is 7.50. The van der Waals surface area contributed by atoms with Crippen molar-refractivity contribution in [3.05, 3.63) is 34.8 Å². The number of hydrogen-bond donors (Lipinski definition) is 2. The number of nitrogens with one attached hydrogen (secondary N) is 1. The van der Waals surface area contributed by atoms with E-state index < -0.39 is 5.97 Å². The van der Waals surface area contributed by atoms with Gasteiger partial charge in [-0.1, -0.05) is 0 Å². The van der Waals surface area contributed by atoms with Gasteiger partial charge in [0.1, 0.15) is 16.8 Å². The van der Waals surface area contributed by atoms with E-state index in [9.17, 15) is 4.79 Å². The first-order chi connectivity index (χ1) is 12.5. The minimum atomic E-state index is -0.595. The molecular weight excluding hydrogens is 348 g/mol. The zero-order valence-corrected chi connectivity index (χ0v) is 15.5. The van der Waals surface area contributed by atoms with Crippen LogP contribution in [0.3, 0.4) is 0 Å². The molecular formula is C19H22N4O2S. The lowest BCUT2D eigenvalue weighted by atomic mass is 9.86. The van der Waals surface area contributed by atoms with E-state index in [1.807, 2.05) is 19.2 Å². The molecule has 4 heterocycles. The second-order valence-corrected chi connectivity index (χ2v) is 8.27. The van der Waals surface area contributed by atoms with E-state index in [1.54, 1.807) is 23.5 Å². The van der Waals surface area contributed by atoms with E-state index in [4.69, 9.17) is 15.9 Å². The Morgan fingerprint density at radius 3 is 2.77 bits per heavy atom. The summed E-state index contributed by atoms with van der Waals surface area (Å²) in [7, 11) is 0. The Bertz CT molecular complexity index is 855. The average molecular weight is 370 g/mol. The molecule has 3 aliphatic heterocycles. The second-order valence-electron chi connectivity index (χ2n) is 7.03. The van der Waals surface area contributed by atoms with E-state index >= 15 is 0 Å². The molecule has 0 aliphatic carbocycles. The summed E-state index contributed by atoms with van der Waals surface area (Å²) < 4.78 is 5.67. The number of carbonyl (C=O) groups excluding carboxylic acids is 1. The molecule has 26 heavy (non-hydrogen) atoms. The zero-order valence-electron chi connectivity index (χ0n) is 14.7. The molecule has 7 heteroatoms. The van der Waals surface area contributed by atoms with Crippen LogP contribution in [0.2, 0.25) is 0 Å². The second kappa shape index (κ2) is 6.81. The highest BCUT2D eigenvalue weighted by Crippen LogP contribution is 2.31. The molecule has 136 valence electrons. The number of hydrogen-bond acceptors (Lipinski definition) is 7. The number of esters is 1. The fourth-order valence-corrected chi connectivity index (χ4v) is 4.51. The van der Waals surface area contributed by atoms with E-state index in [0.717, 1.165) is 47.9 Å². The van der Waals surface area contributed by atoms with Gasteiger partial charge in [-0.15, -0.1) is 11.3 Å². The summed E-state index contributed by atoms with van der Waals surface area (Å²) in [5, 5.41) is 9.16. The molecule has 1 aromatic heterocycles. The summed E-state index contributed by atoms with van der Waals surface area (Å²) in [6.45, 7) is 4.93. The van der Waals surface area contributed by atoms with Crippen molar-refractivity contribution in [2.75, 3.05) is 25.4 Å². The maximum Gasteiger partial charge on any atom is 0.357 e. The van der Waals surface area contributed by atoms with Crippen molar-refractivity contribution in [3.63, 3.8) is 0 Å². The molecule has 3 N–H and O–H groups in total. The van der Waals surface area contributed by atoms with Crippen molar-refractivity contribution in [2.24, 2.45) is 5.92 Å². The molecule has 1 atom stereocenters. The molecule has 3 saturated heterocycles. The van der Waals surface area contributed by atoms with Crippen molar-refractivity contribution in [2.45, 2.75) is 25.9 Å². The van der Waals surface area contributed by atoms with Gasteiger partial charge in [0.05, 0.1) is 0 Å². The fourth-order valence-electron chi connectivity index (χ4n) is 3.74. The molecule has 0 unspecified atom stereocenters. The quantitative estimate of drug-likeness (QED) is 0.490. The number of benzene rings is 1. The van der Waals surface area contributed by atoms with Crippen LogP contribution in [0.25, 0.3) is 10.6 Å². The highest BCUT2D eigenvalue weighted by molar-refractivity contribution is 7.14. The Morgan fingerprint density at radius 2 is 2.15 bits per heavy atom. The predicted octanol–water partition coefficient (Wildman–Crippen LogP) is 2.71. The number of carbonyl (C=O) groups is 1. The van der Waals surface area contributed by atoms with Crippen LogP contribution in [-0.2, 0) is 9.53 Å². The average Bonchev–Trinajstić information content (AvgIpc) is 3.09. The van der Waals surface area contributed by atoms with Crippen molar-refractivity contribution >= 4 is 28.7 Å². The number of piperidine rings is 3. The summed E-state index contributed by atoms with van der Waals surface area (Å²) in [6, 6.07) is 5.34. The Morgan fingerprint density at radius 1 is 1.38 bits per heavy atom. The molecule has 5 rings (SSSR count). The number of nitrogens with two attached hydrogens (primary N) is 1. The van der Waals surface area contributed by atoms with Crippen molar-refractivity contribution < 1.29 is 9.53 Å². The van der Waals surface area contributed by atoms with Gasteiger partial charge in [0.2, 0.25) is 0 Å². The number of fused-ring (bicyclic) bond motifs is 3. The van der Waals surface area contributed by atoms with Gasteiger partial charge in [-0.25, -0.2) is 9.78 Å². The number of nitrogen functional groups attached to an aromatic ring is 1. The minimum Gasteiger partial charge on any atom is -0.456 e. The van der Waals surface area contributed by atoms with Crippen LogP contribution < -0.4 is 5.73 Å². The lowest BCUT2D eigenvalue weighted by Gasteiger charge is -2.43. The number of ether oxygens (including phenoxy) is 1. The van der Waals surface area contributed by atoms with Crippen LogP contribution in [-0.4, -0.2) is 47.3 Å². The number of aryl methyl sites for hydroxylation is 1. The monoisotopic (exact) mass is 370 g/mol. The standard InChI is InChI=1S/C19H22N4O2S/c1-11-9-22-18(26-11)13-2-3-15(20)14(8-13)17(21)19(24)25-16-10-23-6-4-12(16)5-7-23/h2-3,8-9,12,16,21H,4-7,10,20H2,1H3/t16-/m1/s1. The molecule has 3 aliphatic rings. The largest absolute Gasteiger partial charge is 0.456 e. The predicted molar refractivity (Wildman–Crippen MR) is 103 cm³/mol. The number of aromatic nitrogens is 1. The Balaban J connectivity index is 1.52. The van der Waals surface area contributed by atoms with Crippen molar-refractivity contribution in [3.8, 4) is 10.6 Å². The van der Waals surface area contributed by atoms with Gasteiger partial charge in [0, 0.05) is 34.4 Å². The minimum absolute atomic E-state index is 0.114. The van der Waals surface area contributed by atoms with E-state index in [0.29, 0.717) is 17.2 Å². The van der Waals surface area contributed by atoms with Gasteiger partial charge in [-0.05, 0) is 57.0 Å². The smallest absolute Gasteiger partial charge is 0.357 e. The van der Waals surface area contributed by atoms with Gasteiger partial charge in [-0.3, -0.25) is 10.3 Å². The molecule has 0 saturated carbocycles. The van der Waals surface area contributed by atoms with Gasteiger partial charge >= 0.3 is 5.97 Å². The Kier molecular flexibility index (Phi) is 4.50. The number of anilines is 1. The highest BCUT2D eigenvalue weighted by Gasteiger charge is 2.37. The van der Waals surface area contributed by atoms with Crippen LogP contribution in [0.4, 0.5) is 5.69 Å². The van der Waals surface area contributed by atoms with Gasteiger partial charge in [0.25, 0.3) is 0 Å². The molecule has 2 bridgehead atoms. The first-order valence-corrected chi connectivity index (χ1v) is 9.67. The maximum atomic E-state index is 12.6. The Hall–Kier alpha value is -2.25. The molecule has 0 amide bonds. The van der Waals surface area contributed by atoms with Crippen LogP contribution >= 0.6 is 11.3 Å². The van der Waals surface area contributed by atoms with Gasteiger partial charge in [-0.2, -0.15) is 0 Å². The molecule has 6 nitrogen and oxygen atoms in total. The molecule has 3 fully saturated rings. The van der Waals surface area contributed by atoms with E-state index in [-0.39, 0.29) is 11.8 Å². The lowest BCUT2D eigenvalue weighted by molar-refractivity contribution is -0.150. The number of rotatable bonds is 4. The number of nitrogens with zero attached hydrogens (tertiary/aromatic N) is 2. The topological polar surface area (TPSA) is 92.3 Å². The van der Waals surface area contributed by atoms with Crippen molar-refractivity contribution in [1.82, 2.24) is 9.88 Å². The first kappa shape index (κ1) is 17.2.